The van der Waals surface area contributed by atoms with Gasteiger partial charge in [0.2, 0.25) is 0 Å². The molecule has 0 bridgehead atoms. The number of hydrogen-bond donors (Lipinski definition) is 2. The molecule has 1 aliphatic heterocycles. The number of benzene rings is 1. The summed E-state index contributed by atoms with van der Waals surface area (Å²) in [5.41, 5.74) is 0.655. The first-order valence-corrected chi connectivity index (χ1v) is 8.20. The molecule has 1 aliphatic rings. The number of urea groups is 1. The Labute approximate surface area is 144 Å². The maximum Gasteiger partial charge on any atom is 0.315 e. The van der Waals surface area contributed by atoms with E-state index in [1.165, 1.54) is 6.07 Å². The van der Waals surface area contributed by atoms with Crippen molar-refractivity contribution in [2.75, 3.05) is 20.1 Å². The smallest absolute Gasteiger partial charge is 0.315 e. The van der Waals surface area contributed by atoms with Crippen molar-refractivity contribution < 1.29 is 13.6 Å². The van der Waals surface area contributed by atoms with Crippen LogP contribution in [0.4, 0.5) is 13.6 Å². The summed E-state index contributed by atoms with van der Waals surface area (Å²) in [7, 11) is 1.91. The Morgan fingerprint density at radius 2 is 2.20 bits per heavy atom. The molecule has 0 aliphatic carbocycles. The minimum atomic E-state index is -0.874. The molecule has 2 aromatic rings. The highest BCUT2D eigenvalue weighted by Gasteiger charge is 2.34. The highest BCUT2D eigenvalue weighted by atomic mass is 19.2. The Morgan fingerprint density at radius 1 is 1.36 bits per heavy atom. The van der Waals surface area contributed by atoms with Crippen LogP contribution in [0.5, 0.6) is 0 Å². The predicted octanol–water partition coefficient (Wildman–Crippen LogP) is 1.91. The molecule has 6 nitrogen and oxygen atoms in total. The normalized spacial score (nSPS) is 20.6. The zero-order valence-electron chi connectivity index (χ0n) is 14.0. The van der Waals surface area contributed by atoms with Gasteiger partial charge in [0.15, 0.2) is 11.6 Å². The number of halogens is 2. The molecule has 1 fully saturated rings. The third-order valence-electron chi connectivity index (χ3n) is 4.47. The van der Waals surface area contributed by atoms with E-state index in [9.17, 15) is 13.6 Å². The van der Waals surface area contributed by atoms with E-state index in [4.69, 9.17) is 0 Å². The minimum Gasteiger partial charge on any atom is -0.336 e. The number of likely N-dealkylation sites (tertiary alicyclic amines) is 1. The van der Waals surface area contributed by atoms with Gasteiger partial charge in [-0.05, 0) is 31.2 Å². The van der Waals surface area contributed by atoms with Crippen LogP contribution in [0, 0.1) is 11.6 Å². The molecule has 2 heterocycles. The van der Waals surface area contributed by atoms with Gasteiger partial charge in [-0.3, -0.25) is 4.90 Å². The Hall–Kier alpha value is -2.48. The second-order valence-corrected chi connectivity index (χ2v) is 6.19. The summed E-state index contributed by atoms with van der Waals surface area (Å²) in [6, 6.07) is 3.27. The summed E-state index contributed by atoms with van der Waals surface area (Å²) in [5.74, 6) is -1.74. The van der Waals surface area contributed by atoms with E-state index >= 15 is 0 Å². The number of nitrogens with zero attached hydrogens (tertiary/aromatic N) is 3. The van der Waals surface area contributed by atoms with Gasteiger partial charge in [0.1, 0.15) is 0 Å². The van der Waals surface area contributed by atoms with E-state index in [1.807, 2.05) is 22.7 Å². The highest BCUT2D eigenvalue weighted by molar-refractivity contribution is 5.74. The molecule has 0 radical (unpaired) electrons. The molecule has 0 saturated carbocycles. The monoisotopic (exact) mass is 349 g/mol. The maximum absolute atomic E-state index is 13.5. The number of aromatic nitrogens is 2. The zero-order chi connectivity index (χ0) is 17.8. The molecule has 3 rings (SSSR count). The summed E-state index contributed by atoms with van der Waals surface area (Å²) in [6.07, 6.45) is 5.94. The van der Waals surface area contributed by atoms with E-state index < -0.39 is 11.6 Å². The Bertz CT molecular complexity index is 722. The molecule has 8 heteroatoms. The largest absolute Gasteiger partial charge is 0.336 e. The van der Waals surface area contributed by atoms with Gasteiger partial charge < -0.3 is 15.2 Å². The summed E-state index contributed by atoms with van der Waals surface area (Å²) in [4.78, 5) is 18.1. The first kappa shape index (κ1) is 17.3. The maximum atomic E-state index is 13.5. The van der Waals surface area contributed by atoms with Gasteiger partial charge in [0.05, 0.1) is 18.4 Å². The van der Waals surface area contributed by atoms with Crippen molar-refractivity contribution >= 4 is 6.03 Å². The molecule has 0 unspecified atom stereocenters. The zero-order valence-corrected chi connectivity index (χ0v) is 14.0. The summed E-state index contributed by atoms with van der Waals surface area (Å²) in [6.45, 7) is 1.87. The van der Waals surface area contributed by atoms with Crippen molar-refractivity contribution in [3.63, 3.8) is 0 Å². The first-order valence-electron chi connectivity index (χ1n) is 8.20. The molecular weight excluding hydrogens is 328 g/mol. The van der Waals surface area contributed by atoms with Gasteiger partial charge >= 0.3 is 6.03 Å². The summed E-state index contributed by atoms with van der Waals surface area (Å²) >= 11 is 0. The van der Waals surface area contributed by atoms with Crippen LogP contribution in [0.3, 0.4) is 0 Å². The molecule has 1 saturated heterocycles. The molecule has 134 valence electrons. The highest BCUT2D eigenvalue weighted by Crippen LogP contribution is 2.31. The Morgan fingerprint density at radius 3 is 2.92 bits per heavy atom. The van der Waals surface area contributed by atoms with Crippen LogP contribution >= 0.6 is 0 Å². The van der Waals surface area contributed by atoms with Crippen molar-refractivity contribution in [2.24, 2.45) is 0 Å². The van der Waals surface area contributed by atoms with E-state index in [0.717, 1.165) is 19.0 Å². The van der Waals surface area contributed by atoms with E-state index in [0.29, 0.717) is 18.7 Å². The lowest BCUT2D eigenvalue weighted by atomic mass is 10.00. The SMILES string of the molecule is CN1CC[C@H](NC(=O)NCCn2ccnc2)[C@H]1c1ccc(F)c(F)c1. The van der Waals surface area contributed by atoms with Crippen LogP contribution in [-0.2, 0) is 6.54 Å². The average Bonchev–Trinajstić information content (AvgIpc) is 3.21. The van der Waals surface area contributed by atoms with Gasteiger partial charge in [-0.1, -0.05) is 6.07 Å². The van der Waals surface area contributed by atoms with Crippen LogP contribution in [0.2, 0.25) is 0 Å². The number of hydrogen-bond acceptors (Lipinski definition) is 3. The summed E-state index contributed by atoms with van der Waals surface area (Å²) < 4.78 is 28.6. The van der Waals surface area contributed by atoms with E-state index in [-0.39, 0.29) is 18.1 Å². The fourth-order valence-corrected chi connectivity index (χ4v) is 3.22. The van der Waals surface area contributed by atoms with Gasteiger partial charge in [-0.25, -0.2) is 18.6 Å². The fourth-order valence-electron chi connectivity index (χ4n) is 3.22. The van der Waals surface area contributed by atoms with E-state index in [2.05, 4.69) is 15.6 Å². The van der Waals surface area contributed by atoms with E-state index in [1.54, 1.807) is 18.6 Å². The van der Waals surface area contributed by atoms with Gasteiger partial charge in [0.25, 0.3) is 0 Å². The number of amides is 2. The average molecular weight is 349 g/mol. The third kappa shape index (κ3) is 4.14. The third-order valence-corrected chi connectivity index (χ3v) is 4.47. The molecule has 1 aromatic heterocycles. The standard InChI is InChI=1S/C17H21F2N5O/c1-23-7-4-15(16(23)12-2-3-13(18)14(19)10-12)22-17(25)21-6-9-24-8-5-20-11-24/h2-3,5,8,10-11,15-16H,4,6-7,9H2,1H3,(H2,21,22,25)/t15-,16+/m0/s1. The van der Waals surface area contributed by atoms with Crippen molar-refractivity contribution in [3.8, 4) is 0 Å². The summed E-state index contributed by atoms with van der Waals surface area (Å²) in [5, 5.41) is 5.74. The number of imidazole rings is 1. The Kier molecular flexibility index (Phi) is 5.28. The first-order chi connectivity index (χ1) is 12.0. The van der Waals surface area contributed by atoms with Gasteiger partial charge in [0, 0.05) is 32.0 Å². The van der Waals surface area contributed by atoms with Crippen molar-refractivity contribution in [2.45, 2.75) is 25.0 Å². The number of nitrogens with one attached hydrogen (secondary N) is 2. The molecule has 2 atom stereocenters. The minimum absolute atomic E-state index is 0.164. The topological polar surface area (TPSA) is 62.2 Å². The predicted molar refractivity (Wildman–Crippen MR) is 88.9 cm³/mol. The molecule has 25 heavy (non-hydrogen) atoms. The number of rotatable bonds is 5. The van der Waals surface area contributed by atoms with Crippen LogP contribution in [0.25, 0.3) is 0 Å². The van der Waals surface area contributed by atoms with Crippen molar-refractivity contribution in [1.82, 2.24) is 25.1 Å². The molecule has 1 aromatic carbocycles. The van der Waals surface area contributed by atoms with Crippen molar-refractivity contribution in [3.05, 3.63) is 54.1 Å². The van der Waals surface area contributed by atoms with Gasteiger partial charge in [-0.15, -0.1) is 0 Å². The number of carbonyl (C=O) groups is 1. The second-order valence-electron chi connectivity index (χ2n) is 6.19. The number of likely N-dealkylation sites (N-methyl/N-ethyl adjacent to an activating group) is 1. The van der Waals surface area contributed by atoms with Crippen LogP contribution in [0.1, 0.15) is 18.0 Å². The molecule has 0 spiro atoms. The quantitative estimate of drug-likeness (QED) is 0.867. The second kappa shape index (κ2) is 7.60. The lowest BCUT2D eigenvalue weighted by molar-refractivity contribution is 0.229. The lowest BCUT2D eigenvalue weighted by Crippen LogP contribution is -2.45. The Balaban J connectivity index is 1.58. The lowest BCUT2D eigenvalue weighted by Gasteiger charge is -2.26. The molecule has 2 amide bonds. The fraction of sp³-hybridized carbons (Fsp3) is 0.412. The molecular formula is C17H21F2N5O. The number of carbonyl (C=O) groups excluding carboxylic acids is 1. The molecule has 2 N–H and O–H groups in total. The van der Waals surface area contributed by atoms with Crippen molar-refractivity contribution in [1.29, 1.82) is 0 Å². The van der Waals surface area contributed by atoms with Gasteiger partial charge in [-0.2, -0.15) is 0 Å². The van der Waals surface area contributed by atoms with Crippen LogP contribution < -0.4 is 10.6 Å². The van der Waals surface area contributed by atoms with Crippen LogP contribution in [-0.4, -0.2) is 46.7 Å². The van der Waals surface area contributed by atoms with Crippen LogP contribution in [0.15, 0.2) is 36.9 Å².